The molecule has 90 valence electrons. The summed E-state index contributed by atoms with van der Waals surface area (Å²) < 4.78 is 5.67. The van der Waals surface area contributed by atoms with E-state index in [1.165, 1.54) is 6.42 Å². The number of halogens is 3. The molecule has 0 rings (SSSR count). The van der Waals surface area contributed by atoms with Gasteiger partial charge in [0.1, 0.15) is 0 Å². The predicted molar refractivity (Wildman–Crippen MR) is 68.0 cm³/mol. The first-order chi connectivity index (χ1) is 6.31. The van der Waals surface area contributed by atoms with Crippen molar-refractivity contribution in [2.75, 3.05) is 9.86 Å². The SMILES string of the molecule is CCC([IH+])C(C)(C)N[I-]C(C)I(C)C. The second-order valence-corrected chi connectivity index (χ2v) is 17.7. The monoisotopic (exact) mass is 539 g/mol. The molecule has 1 nitrogen and oxygen atoms in total. The van der Waals surface area contributed by atoms with Crippen molar-refractivity contribution < 1.29 is 44.1 Å². The number of rotatable bonds is 6. The van der Waals surface area contributed by atoms with Gasteiger partial charge in [-0.1, -0.05) is 0 Å². The van der Waals surface area contributed by atoms with Crippen molar-refractivity contribution in [3.8, 4) is 0 Å². The second-order valence-electron chi connectivity index (χ2n) is 4.16. The Hall–Kier alpha value is 2.15. The Balaban J connectivity index is 3.98. The van der Waals surface area contributed by atoms with E-state index in [9.17, 15) is 0 Å². The Bertz CT molecular complexity index is 159. The molecular weight excluding hydrogens is 515 g/mol. The van der Waals surface area contributed by atoms with Crippen molar-refractivity contribution in [1.29, 1.82) is 0 Å². The molecule has 0 fully saturated rings. The quantitative estimate of drug-likeness (QED) is 0.211. The molecule has 0 aromatic carbocycles. The minimum absolute atomic E-state index is 0.214. The van der Waals surface area contributed by atoms with E-state index in [-0.39, 0.29) is 21.5 Å². The van der Waals surface area contributed by atoms with Crippen molar-refractivity contribution in [2.24, 2.45) is 0 Å². The third-order valence-corrected chi connectivity index (χ3v) is 18.7. The van der Waals surface area contributed by atoms with E-state index in [0.29, 0.717) is 5.54 Å². The number of hydrogen-bond acceptors (Lipinski definition) is 1. The van der Waals surface area contributed by atoms with Crippen LogP contribution in [0.15, 0.2) is 0 Å². The normalized spacial score (nSPS) is 18.1. The molecule has 0 spiro atoms. The fourth-order valence-corrected chi connectivity index (χ4v) is 7.72. The maximum atomic E-state index is 3.84. The molecule has 14 heavy (non-hydrogen) atoms. The van der Waals surface area contributed by atoms with Gasteiger partial charge in [0, 0.05) is 0 Å². The number of alkyl halides is 5. The van der Waals surface area contributed by atoms with Crippen LogP contribution >= 0.6 is 19.8 Å². The Kier molecular flexibility index (Phi) is 8.62. The minimum atomic E-state index is -0.565. The molecule has 0 aliphatic rings. The molecular formula is C10H24I3N. The van der Waals surface area contributed by atoms with Crippen LogP contribution in [0.3, 0.4) is 0 Å². The van der Waals surface area contributed by atoms with Crippen molar-refractivity contribution >= 4 is 19.8 Å². The second kappa shape index (κ2) is 7.47. The van der Waals surface area contributed by atoms with E-state index < -0.39 is 19.8 Å². The molecule has 2 atom stereocenters. The first-order valence-electron chi connectivity index (χ1n) is 4.85. The number of hydrogen-bond donors (Lipinski definition) is 1. The molecule has 0 bridgehead atoms. The molecule has 0 saturated carbocycles. The molecule has 4 heteroatoms. The fraction of sp³-hybridized carbons (Fsp3) is 1.00. The van der Waals surface area contributed by atoms with Gasteiger partial charge in [0.05, 0.1) is 0 Å². The fourth-order valence-electron chi connectivity index (χ4n) is 0.869. The molecule has 0 aromatic rings. The van der Waals surface area contributed by atoms with E-state index in [2.05, 4.69) is 63.7 Å². The summed E-state index contributed by atoms with van der Waals surface area (Å²) in [7, 11) is 0. The van der Waals surface area contributed by atoms with E-state index in [4.69, 9.17) is 0 Å². The molecule has 0 radical (unpaired) electrons. The van der Waals surface area contributed by atoms with Crippen molar-refractivity contribution in [3.05, 3.63) is 0 Å². The molecule has 2 unspecified atom stereocenters. The summed E-state index contributed by atoms with van der Waals surface area (Å²) in [5, 5.41) is 0. The summed E-state index contributed by atoms with van der Waals surface area (Å²) in [6, 6.07) is 0. The number of nitrogens with one attached hydrogen (secondary N) is 1. The molecule has 1 N–H and O–H groups in total. The van der Waals surface area contributed by atoms with Gasteiger partial charge in [-0.2, -0.15) is 0 Å². The van der Waals surface area contributed by atoms with E-state index >= 15 is 0 Å². The van der Waals surface area contributed by atoms with Crippen LogP contribution in [0.5, 0.6) is 0 Å². The van der Waals surface area contributed by atoms with Gasteiger partial charge in [-0.3, -0.25) is 0 Å². The van der Waals surface area contributed by atoms with E-state index in [0.717, 1.165) is 5.86 Å². The Morgan fingerprint density at radius 3 is 2.29 bits per heavy atom. The summed E-state index contributed by atoms with van der Waals surface area (Å²) in [5.74, 6) is 0. The zero-order valence-corrected chi connectivity index (χ0v) is 16.7. The van der Waals surface area contributed by atoms with E-state index in [1.54, 1.807) is 0 Å². The first-order valence-corrected chi connectivity index (χ1v) is 14.1. The average molecular weight is 539 g/mol. The van der Waals surface area contributed by atoms with Crippen LogP contribution in [0.25, 0.3) is 0 Å². The van der Waals surface area contributed by atoms with Crippen LogP contribution in [0.2, 0.25) is 0 Å². The van der Waals surface area contributed by atoms with Crippen LogP contribution in [-0.2, 0) is 0 Å². The van der Waals surface area contributed by atoms with Crippen molar-refractivity contribution in [3.63, 3.8) is 0 Å². The summed E-state index contributed by atoms with van der Waals surface area (Å²) >= 11 is 1.93. The van der Waals surface area contributed by atoms with Crippen LogP contribution in [-0.4, -0.2) is 21.3 Å². The standard InChI is InChI=1S/C10H24I3N/c1-7-9(11)10(3,4)14-12-8(2)13(5)6/h8-9,11,14H,7H2,1-6H3. The summed E-state index contributed by atoms with van der Waals surface area (Å²) in [6.07, 6.45) is 1.28. The van der Waals surface area contributed by atoms with Gasteiger partial charge < -0.3 is 0 Å². The zero-order chi connectivity index (χ0) is 11.4. The maximum absolute atomic E-state index is 3.84. The molecule has 0 amide bonds. The van der Waals surface area contributed by atoms with Gasteiger partial charge in [0.15, 0.2) is 0 Å². The topological polar surface area (TPSA) is 12.0 Å². The third kappa shape index (κ3) is 6.03. The summed E-state index contributed by atoms with van der Waals surface area (Å²) in [5.41, 5.74) is 0.354. The Labute approximate surface area is 121 Å². The van der Waals surface area contributed by atoms with Gasteiger partial charge in [0.2, 0.25) is 0 Å². The summed E-state index contributed by atoms with van der Waals surface area (Å²) in [4.78, 5) is 4.96. The van der Waals surface area contributed by atoms with Gasteiger partial charge in [-0.15, -0.1) is 0 Å². The van der Waals surface area contributed by atoms with Crippen LogP contribution in [0.1, 0.15) is 34.1 Å². The Morgan fingerprint density at radius 1 is 1.43 bits per heavy atom. The molecule has 0 aliphatic carbocycles. The zero-order valence-electron chi connectivity index (χ0n) is 10.0. The van der Waals surface area contributed by atoms with Gasteiger partial charge in [-0.05, 0) is 0 Å². The van der Waals surface area contributed by atoms with Gasteiger partial charge >= 0.3 is 123 Å². The first kappa shape index (κ1) is 16.1. The third-order valence-electron chi connectivity index (χ3n) is 2.23. The van der Waals surface area contributed by atoms with Crippen LogP contribution < -0.4 is 47.6 Å². The van der Waals surface area contributed by atoms with Crippen molar-refractivity contribution in [2.45, 2.75) is 45.5 Å². The van der Waals surface area contributed by atoms with Gasteiger partial charge in [0.25, 0.3) is 0 Å². The van der Waals surface area contributed by atoms with E-state index in [1.807, 2.05) is 0 Å². The molecule has 0 saturated heterocycles. The van der Waals surface area contributed by atoms with Crippen molar-refractivity contribution in [1.82, 2.24) is 3.53 Å². The van der Waals surface area contributed by atoms with Crippen LogP contribution in [0, 0.1) is 0 Å². The van der Waals surface area contributed by atoms with Gasteiger partial charge in [-0.25, -0.2) is 0 Å². The molecule has 0 heterocycles. The Morgan fingerprint density at radius 2 is 1.93 bits per heavy atom. The summed E-state index contributed by atoms with van der Waals surface area (Å²) in [6.45, 7) is 9.45. The molecule has 0 aliphatic heterocycles. The average Bonchev–Trinajstić information content (AvgIpc) is 2.12. The van der Waals surface area contributed by atoms with Crippen LogP contribution in [0.4, 0.5) is 0 Å². The predicted octanol–water partition coefficient (Wildman–Crippen LogP) is -3.47. The molecule has 0 aromatic heterocycles.